The van der Waals surface area contributed by atoms with Crippen LogP contribution >= 0.6 is 0 Å². The van der Waals surface area contributed by atoms with E-state index in [1.165, 1.54) is 18.2 Å². The largest absolute Gasteiger partial charge is 0.457 e. The average molecular weight is 254 g/mol. The second-order valence-corrected chi connectivity index (χ2v) is 3.97. The molecule has 0 amide bonds. The summed E-state index contributed by atoms with van der Waals surface area (Å²) in [5.41, 5.74) is 0.787. The first-order valence-corrected chi connectivity index (χ1v) is 5.53. The SMILES string of the molecule is Cc1cccc(Oc2ccc(C#N)c([N+](=O)[O-])c2)c1. The Morgan fingerprint density at radius 2 is 1.95 bits per heavy atom. The van der Waals surface area contributed by atoms with E-state index in [1.54, 1.807) is 12.1 Å². The van der Waals surface area contributed by atoms with Gasteiger partial charge in [0.2, 0.25) is 0 Å². The molecule has 0 spiro atoms. The van der Waals surface area contributed by atoms with Gasteiger partial charge in [0.15, 0.2) is 0 Å². The normalized spacial score (nSPS) is 9.68. The van der Waals surface area contributed by atoms with Crippen molar-refractivity contribution in [3.05, 3.63) is 63.7 Å². The molecule has 0 fully saturated rings. The first-order valence-electron chi connectivity index (χ1n) is 5.53. The van der Waals surface area contributed by atoms with Gasteiger partial charge in [-0.2, -0.15) is 5.26 Å². The second-order valence-electron chi connectivity index (χ2n) is 3.97. The van der Waals surface area contributed by atoms with Crippen molar-refractivity contribution in [2.24, 2.45) is 0 Å². The van der Waals surface area contributed by atoms with Crippen molar-refractivity contribution in [3.63, 3.8) is 0 Å². The molecule has 0 saturated heterocycles. The first kappa shape index (κ1) is 12.6. The van der Waals surface area contributed by atoms with Crippen molar-refractivity contribution in [3.8, 4) is 17.6 Å². The molecule has 5 heteroatoms. The summed E-state index contributed by atoms with van der Waals surface area (Å²) in [6.45, 7) is 1.92. The summed E-state index contributed by atoms with van der Waals surface area (Å²) in [6, 6.07) is 13.3. The highest BCUT2D eigenvalue weighted by Crippen LogP contribution is 2.28. The van der Waals surface area contributed by atoms with E-state index in [4.69, 9.17) is 10.00 Å². The van der Waals surface area contributed by atoms with Crippen LogP contribution in [-0.2, 0) is 0 Å². The highest BCUT2D eigenvalue weighted by molar-refractivity contribution is 5.53. The molecule has 2 aromatic carbocycles. The van der Waals surface area contributed by atoms with Gasteiger partial charge in [-0.05, 0) is 36.8 Å². The Hall–Kier alpha value is -2.87. The molecular formula is C14H10N2O3. The Morgan fingerprint density at radius 3 is 2.58 bits per heavy atom. The Morgan fingerprint density at radius 1 is 1.21 bits per heavy atom. The summed E-state index contributed by atoms with van der Waals surface area (Å²) in [7, 11) is 0. The fourth-order valence-electron chi connectivity index (χ4n) is 1.64. The third-order valence-corrected chi connectivity index (χ3v) is 2.51. The third kappa shape index (κ3) is 2.87. The van der Waals surface area contributed by atoms with E-state index in [-0.39, 0.29) is 11.3 Å². The average Bonchev–Trinajstić information content (AvgIpc) is 2.38. The standard InChI is InChI=1S/C14H10N2O3/c1-10-3-2-4-12(7-10)19-13-6-5-11(9-15)14(8-13)16(17)18/h2-8H,1H3. The molecule has 2 aromatic rings. The lowest BCUT2D eigenvalue weighted by molar-refractivity contribution is -0.385. The van der Waals surface area contributed by atoms with Crippen molar-refractivity contribution >= 4 is 5.69 Å². The smallest absolute Gasteiger partial charge is 0.290 e. The quantitative estimate of drug-likeness (QED) is 0.619. The number of aryl methyl sites for hydroxylation is 1. The Labute approximate surface area is 109 Å². The first-order chi connectivity index (χ1) is 9.10. The van der Waals surface area contributed by atoms with E-state index in [1.807, 2.05) is 25.1 Å². The maximum atomic E-state index is 10.8. The molecule has 2 rings (SSSR count). The second kappa shape index (κ2) is 5.19. The molecule has 19 heavy (non-hydrogen) atoms. The predicted octanol–water partition coefficient (Wildman–Crippen LogP) is 3.57. The van der Waals surface area contributed by atoms with Gasteiger partial charge in [-0.3, -0.25) is 10.1 Å². The minimum atomic E-state index is -0.596. The monoisotopic (exact) mass is 254 g/mol. The summed E-state index contributed by atoms with van der Waals surface area (Å²) in [5.74, 6) is 0.926. The molecule has 0 atom stereocenters. The van der Waals surface area contributed by atoms with Crippen LogP contribution in [0.15, 0.2) is 42.5 Å². The summed E-state index contributed by atoms with van der Waals surface area (Å²) < 4.78 is 5.54. The minimum absolute atomic E-state index is 0.0154. The van der Waals surface area contributed by atoms with Crippen LogP contribution in [0.1, 0.15) is 11.1 Å². The maximum absolute atomic E-state index is 10.8. The summed E-state index contributed by atoms with van der Waals surface area (Å²) in [5, 5.41) is 19.6. The van der Waals surface area contributed by atoms with Gasteiger partial charge in [0, 0.05) is 0 Å². The molecule has 0 bridgehead atoms. The maximum Gasteiger partial charge on any atom is 0.290 e. The Bertz CT molecular complexity index is 675. The van der Waals surface area contributed by atoms with Gasteiger partial charge in [0.25, 0.3) is 5.69 Å². The number of rotatable bonds is 3. The van der Waals surface area contributed by atoms with Crippen molar-refractivity contribution in [1.29, 1.82) is 5.26 Å². The zero-order valence-electron chi connectivity index (χ0n) is 10.2. The molecule has 5 nitrogen and oxygen atoms in total. The molecule has 0 aliphatic heterocycles. The number of benzene rings is 2. The van der Waals surface area contributed by atoms with Crippen LogP contribution in [0.3, 0.4) is 0 Å². The van der Waals surface area contributed by atoms with E-state index >= 15 is 0 Å². The van der Waals surface area contributed by atoms with Crippen LogP contribution in [0.5, 0.6) is 11.5 Å². The lowest BCUT2D eigenvalue weighted by atomic mass is 10.2. The minimum Gasteiger partial charge on any atom is -0.457 e. The fourth-order valence-corrected chi connectivity index (χ4v) is 1.64. The molecule has 0 radical (unpaired) electrons. The highest BCUT2D eigenvalue weighted by Gasteiger charge is 2.15. The molecule has 0 N–H and O–H groups in total. The van der Waals surface area contributed by atoms with Crippen LogP contribution < -0.4 is 4.74 Å². The topological polar surface area (TPSA) is 76.2 Å². The molecule has 0 heterocycles. The van der Waals surface area contributed by atoms with Crippen molar-refractivity contribution in [2.45, 2.75) is 6.92 Å². The van der Waals surface area contributed by atoms with E-state index in [2.05, 4.69) is 0 Å². The molecule has 0 aliphatic carbocycles. The lowest BCUT2D eigenvalue weighted by Gasteiger charge is -2.06. The molecular weight excluding hydrogens is 244 g/mol. The van der Waals surface area contributed by atoms with Crippen LogP contribution in [0, 0.1) is 28.4 Å². The Kier molecular flexibility index (Phi) is 3.44. The van der Waals surface area contributed by atoms with Gasteiger partial charge < -0.3 is 4.74 Å². The molecule has 0 saturated carbocycles. The van der Waals surface area contributed by atoms with Crippen LogP contribution in [0.25, 0.3) is 0 Å². The summed E-state index contributed by atoms with van der Waals surface area (Å²) in [4.78, 5) is 10.2. The summed E-state index contributed by atoms with van der Waals surface area (Å²) in [6.07, 6.45) is 0. The van der Waals surface area contributed by atoms with Crippen molar-refractivity contribution < 1.29 is 9.66 Å². The van der Waals surface area contributed by atoms with E-state index in [0.717, 1.165) is 5.56 Å². The number of hydrogen-bond donors (Lipinski definition) is 0. The van der Waals surface area contributed by atoms with E-state index in [9.17, 15) is 10.1 Å². The van der Waals surface area contributed by atoms with Gasteiger partial charge >= 0.3 is 0 Å². The van der Waals surface area contributed by atoms with E-state index < -0.39 is 4.92 Å². The number of nitro benzene ring substituents is 1. The fraction of sp³-hybridized carbons (Fsp3) is 0.0714. The van der Waals surface area contributed by atoms with Crippen LogP contribution in [-0.4, -0.2) is 4.92 Å². The van der Waals surface area contributed by atoms with Gasteiger partial charge in [0.05, 0.1) is 11.0 Å². The lowest BCUT2D eigenvalue weighted by Crippen LogP contribution is -1.93. The zero-order chi connectivity index (χ0) is 13.8. The van der Waals surface area contributed by atoms with Gasteiger partial charge in [-0.1, -0.05) is 12.1 Å². The molecule has 0 unspecified atom stereocenters. The van der Waals surface area contributed by atoms with Gasteiger partial charge in [-0.15, -0.1) is 0 Å². The summed E-state index contributed by atoms with van der Waals surface area (Å²) >= 11 is 0. The third-order valence-electron chi connectivity index (χ3n) is 2.51. The number of nitriles is 1. The number of ether oxygens (including phenoxy) is 1. The molecule has 94 valence electrons. The van der Waals surface area contributed by atoms with Gasteiger partial charge in [-0.25, -0.2) is 0 Å². The Balaban J connectivity index is 2.34. The number of nitrogens with zero attached hydrogens (tertiary/aromatic N) is 2. The molecule has 0 aromatic heterocycles. The van der Waals surface area contributed by atoms with Crippen LogP contribution in [0.4, 0.5) is 5.69 Å². The van der Waals surface area contributed by atoms with Crippen LogP contribution in [0.2, 0.25) is 0 Å². The van der Waals surface area contributed by atoms with Crippen molar-refractivity contribution in [2.75, 3.05) is 0 Å². The van der Waals surface area contributed by atoms with Gasteiger partial charge in [0.1, 0.15) is 23.1 Å². The predicted molar refractivity (Wildman–Crippen MR) is 69.1 cm³/mol. The molecule has 0 aliphatic rings. The van der Waals surface area contributed by atoms with Crippen molar-refractivity contribution in [1.82, 2.24) is 0 Å². The highest BCUT2D eigenvalue weighted by atomic mass is 16.6. The number of hydrogen-bond acceptors (Lipinski definition) is 4. The zero-order valence-corrected chi connectivity index (χ0v) is 10.2. The number of nitro groups is 1. The van der Waals surface area contributed by atoms with E-state index in [0.29, 0.717) is 11.5 Å².